The van der Waals surface area contributed by atoms with Gasteiger partial charge in [0.2, 0.25) is 12.5 Å². The van der Waals surface area contributed by atoms with E-state index in [-0.39, 0.29) is 13.4 Å². The number of carbonyl (C=O) groups excluding carboxylic acids is 1. The Hall–Kier alpha value is -4.82. The van der Waals surface area contributed by atoms with E-state index in [1.165, 1.54) is 21.3 Å². The number of nitrogens with one attached hydrogen (secondary N) is 1. The van der Waals surface area contributed by atoms with Gasteiger partial charge in [0, 0.05) is 31.5 Å². The number of rotatable bonds is 16. The van der Waals surface area contributed by atoms with Crippen LogP contribution in [0.4, 0.5) is 5.82 Å². The first-order valence-corrected chi connectivity index (χ1v) is 17.0. The highest BCUT2D eigenvalue weighted by Gasteiger charge is 2.48. The lowest BCUT2D eigenvalue weighted by molar-refractivity contribution is -0.155. The number of aliphatic hydroxyl groups excluding tert-OH is 2. The van der Waals surface area contributed by atoms with Gasteiger partial charge >= 0.3 is 5.97 Å². The van der Waals surface area contributed by atoms with Crippen molar-refractivity contribution in [2.45, 2.75) is 57.6 Å². The number of hydrogen-bond donors (Lipinski definition) is 3. The topological polar surface area (TPSA) is 169 Å². The average Bonchev–Trinajstić information content (AvgIpc) is 3.79. The molecule has 0 amide bonds. The highest BCUT2D eigenvalue weighted by atomic mass is 16.7. The van der Waals surface area contributed by atoms with Gasteiger partial charge in [-0.15, -0.1) is 0 Å². The molecule has 4 atom stereocenters. The predicted octanol–water partition coefficient (Wildman–Crippen LogP) is 4.61. The zero-order valence-corrected chi connectivity index (χ0v) is 28.9. The van der Waals surface area contributed by atoms with Gasteiger partial charge in [0.1, 0.15) is 11.8 Å². The average molecular weight is 692 g/mol. The molecule has 1 aliphatic carbocycles. The Morgan fingerprint density at radius 1 is 0.960 bits per heavy atom. The third-order valence-electron chi connectivity index (χ3n) is 9.47. The van der Waals surface area contributed by atoms with E-state index in [0.717, 1.165) is 55.8 Å². The van der Waals surface area contributed by atoms with Gasteiger partial charge in [0.25, 0.3) is 0 Å². The molecule has 0 fully saturated rings. The van der Waals surface area contributed by atoms with Crippen LogP contribution in [0.1, 0.15) is 67.7 Å². The molecule has 0 saturated heterocycles. The van der Waals surface area contributed by atoms with Gasteiger partial charge < -0.3 is 48.5 Å². The molecule has 14 nitrogen and oxygen atoms in total. The number of carbonyl (C=O) groups is 1. The number of esters is 1. The van der Waals surface area contributed by atoms with Crippen LogP contribution in [0.15, 0.2) is 36.9 Å². The first-order chi connectivity index (χ1) is 24.4. The van der Waals surface area contributed by atoms with Crippen LogP contribution < -0.4 is 29.0 Å². The number of hydrogen-bond acceptors (Lipinski definition) is 13. The molecular formula is C36H45N5O9. The van der Waals surface area contributed by atoms with Gasteiger partial charge in [-0.3, -0.25) is 4.79 Å². The second kappa shape index (κ2) is 15.8. The number of fused-ring (bicyclic) bond motifs is 3. The molecule has 0 bridgehead atoms. The molecule has 3 N–H and O–H groups in total. The van der Waals surface area contributed by atoms with Gasteiger partial charge in [-0.25, -0.2) is 15.0 Å². The number of methoxy groups -OCH3 is 3. The van der Waals surface area contributed by atoms with Crippen molar-refractivity contribution in [3.63, 3.8) is 0 Å². The summed E-state index contributed by atoms with van der Waals surface area (Å²) in [5, 5.41) is 25.4. The summed E-state index contributed by atoms with van der Waals surface area (Å²) in [6.07, 6.45) is 6.51. The number of unbranched alkanes of at least 4 members (excludes halogenated alkanes) is 3. The zero-order chi connectivity index (χ0) is 35.2. The van der Waals surface area contributed by atoms with Gasteiger partial charge in [-0.2, -0.15) is 0 Å². The van der Waals surface area contributed by atoms with Gasteiger partial charge in [-0.05, 0) is 66.6 Å². The zero-order valence-electron chi connectivity index (χ0n) is 28.9. The SMILES string of the molecule is CCCNc1ncnc2c1ncn2CCCCCCOC(=O)[C@H]1[C@H](c2cc(OC)c(OC)c(OC)c2)c2cc3c(cc2[C@H](O)[C@H]1CO)OCO3. The van der Waals surface area contributed by atoms with Gasteiger partial charge in [0.05, 0.1) is 46.3 Å². The molecule has 268 valence electrons. The fourth-order valence-electron chi connectivity index (χ4n) is 6.98. The van der Waals surface area contributed by atoms with Crippen LogP contribution in [0, 0.1) is 11.8 Å². The number of benzene rings is 2. The van der Waals surface area contributed by atoms with Crippen LogP contribution in [0.2, 0.25) is 0 Å². The molecular weight excluding hydrogens is 646 g/mol. The molecule has 2 aromatic carbocycles. The van der Waals surface area contributed by atoms with E-state index in [9.17, 15) is 15.0 Å². The van der Waals surface area contributed by atoms with Crippen LogP contribution in [0.25, 0.3) is 11.2 Å². The molecule has 0 unspecified atom stereocenters. The van der Waals surface area contributed by atoms with Crippen molar-refractivity contribution in [3.05, 3.63) is 53.6 Å². The summed E-state index contributed by atoms with van der Waals surface area (Å²) in [7, 11) is 4.56. The molecule has 2 aliphatic rings. The Kier molecular flexibility index (Phi) is 11.1. The minimum atomic E-state index is -1.15. The first kappa shape index (κ1) is 35.0. The van der Waals surface area contributed by atoms with E-state index in [1.54, 1.807) is 36.9 Å². The second-order valence-corrected chi connectivity index (χ2v) is 12.4. The van der Waals surface area contributed by atoms with E-state index in [2.05, 4.69) is 27.2 Å². The highest BCUT2D eigenvalue weighted by molar-refractivity contribution is 5.82. The Labute approximate surface area is 290 Å². The third kappa shape index (κ3) is 6.81. The van der Waals surface area contributed by atoms with Crippen molar-refractivity contribution in [3.8, 4) is 28.7 Å². The minimum Gasteiger partial charge on any atom is -0.493 e. The molecule has 0 saturated carbocycles. The molecule has 4 aromatic rings. The van der Waals surface area contributed by atoms with Crippen LogP contribution >= 0.6 is 0 Å². The smallest absolute Gasteiger partial charge is 0.310 e. The van der Waals surface area contributed by atoms with E-state index in [0.29, 0.717) is 51.9 Å². The Bertz CT molecular complexity index is 1770. The lowest BCUT2D eigenvalue weighted by Crippen LogP contribution is -2.41. The van der Waals surface area contributed by atoms with Crippen molar-refractivity contribution < 1.29 is 43.4 Å². The van der Waals surface area contributed by atoms with Crippen molar-refractivity contribution >= 4 is 23.0 Å². The fraction of sp³-hybridized carbons (Fsp3) is 0.500. The van der Waals surface area contributed by atoms with Crippen molar-refractivity contribution in [2.24, 2.45) is 11.8 Å². The summed E-state index contributed by atoms with van der Waals surface area (Å²) in [6, 6.07) is 7.08. The fourth-order valence-corrected chi connectivity index (χ4v) is 6.98. The molecule has 2 aromatic heterocycles. The van der Waals surface area contributed by atoms with Crippen LogP contribution in [0.5, 0.6) is 28.7 Å². The van der Waals surface area contributed by atoms with Crippen molar-refractivity contribution in [1.29, 1.82) is 0 Å². The lowest BCUT2D eigenvalue weighted by Gasteiger charge is -2.41. The first-order valence-electron chi connectivity index (χ1n) is 17.0. The Morgan fingerprint density at radius 3 is 2.36 bits per heavy atom. The Balaban J connectivity index is 1.16. The maximum atomic E-state index is 14.0. The van der Waals surface area contributed by atoms with Crippen LogP contribution in [-0.2, 0) is 16.1 Å². The summed E-state index contributed by atoms with van der Waals surface area (Å²) in [4.78, 5) is 27.3. The maximum absolute atomic E-state index is 14.0. The molecule has 6 rings (SSSR count). The molecule has 0 spiro atoms. The lowest BCUT2D eigenvalue weighted by atomic mass is 9.65. The number of imidazole rings is 1. The van der Waals surface area contributed by atoms with E-state index in [1.807, 2.05) is 4.57 Å². The highest BCUT2D eigenvalue weighted by Crippen LogP contribution is 2.54. The number of ether oxygens (including phenoxy) is 6. The predicted molar refractivity (Wildman–Crippen MR) is 183 cm³/mol. The Morgan fingerprint density at radius 2 is 1.68 bits per heavy atom. The summed E-state index contributed by atoms with van der Waals surface area (Å²) in [6.45, 7) is 3.47. The summed E-state index contributed by atoms with van der Waals surface area (Å²) < 4.78 is 36.0. The number of aromatic nitrogens is 4. The quantitative estimate of drug-likeness (QED) is 0.110. The normalized spacial score (nSPS) is 19.2. The largest absolute Gasteiger partial charge is 0.493 e. The van der Waals surface area contributed by atoms with Crippen LogP contribution in [0.3, 0.4) is 0 Å². The van der Waals surface area contributed by atoms with Gasteiger partial charge in [0.15, 0.2) is 34.5 Å². The van der Waals surface area contributed by atoms with E-state index < -0.39 is 36.4 Å². The molecule has 1 aliphatic heterocycles. The van der Waals surface area contributed by atoms with Crippen molar-refractivity contribution in [2.75, 3.05) is 53.2 Å². The van der Waals surface area contributed by atoms with E-state index >= 15 is 0 Å². The number of anilines is 1. The minimum absolute atomic E-state index is 0.0445. The standard InChI is InChI=1S/C36H45N5O9/c1-5-10-37-34-31-35(39-18-38-34)41(19-40-31)11-8-6-7-9-12-48-36(44)30-24(17-42)32(43)23-16-26-25(49-20-50-26)15-22(23)29(30)21-13-27(45-2)33(47-4)28(14-21)46-3/h13-16,18-19,24,29-30,32,42-43H,5-12,17,20H2,1-4H3,(H,37,38,39)/t24-,29+,30+,32-/m0/s1. The third-order valence-corrected chi connectivity index (χ3v) is 9.47. The van der Waals surface area contributed by atoms with Crippen LogP contribution in [-0.4, -0.2) is 83.6 Å². The maximum Gasteiger partial charge on any atom is 0.310 e. The van der Waals surface area contributed by atoms with Crippen molar-refractivity contribution in [1.82, 2.24) is 19.5 Å². The second-order valence-electron chi connectivity index (χ2n) is 12.4. The number of nitrogens with zero attached hydrogens (tertiary/aromatic N) is 4. The molecule has 0 radical (unpaired) electrons. The number of aliphatic hydroxyl groups is 2. The monoisotopic (exact) mass is 691 g/mol. The summed E-state index contributed by atoms with van der Waals surface area (Å²) in [5.41, 5.74) is 3.43. The number of aryl methyl sites for hydroxylation is 1. The molecule has 50 heavy (non-hydrogen) atoms. The van der Waals surface area contributed by atoms with E-state index in [4.69, 9.17) is 28.4 Å². The summed E-state index contributed by atoms with van der Waals surface area (Å²) >= 11 is 0. The molecule has 14 heteroatoms. The van der Waals surface area contributed by atoms with Gasteiger partial charge in [-0.1, -0.05) is 13.3 Å². The summed E-state index contributed by atoms with van der Waals surface area (Å²) in [5.74, 6) is 0.0235. The molecule has 3 heterocycles.